The maximum Gasteiger partial charge on any atom is 0.243 e. The van der Waals surface area contributed by atoms with Crippen molar-refractivity contribution in [1.82, 2.24) is 10.6 Å². The number of hydrogen-bond donors (Lipinski definition) is 3. The van der Waals surface area contributed by atoms with Crippen LogP contribution in [0.4, 0.5) is 5.69 Å². The Balaban J connectivity index is 1.90. The summed E-state index contributed by atoms with van der Waals surface area (Å²) in [5.74, 6) is -0.817. The summed E-state index contributed by atoms with van der Waals surface area (Å²) in [6, 6.07) is 16.4. The quantitative estimate of drug-likeness (QED) is 0.670. The number of nitrogens with one attached hydrogen (secondary N) is 3. The number of para-hydroxylation sites is 1. The van der Waals surface area contributed by atoms with E-state index in [1.165, 1.54) is 6.92 Å². The van der Waals surface area contributed by atoms with Crippen LogP contribution in [0.2, 0.25) is 0 Å². The molecule has 0 aliphatic carbocycles. The van der Waals surface area contributed by atoms with E-state index < -0.39 is 6.04 Å². The zero-order valence-electron chi connectivity index (χ0n) is 15.6. The monoisotopic (exact) mass is 367 g/mol. The molecular weight excluding hydrogens is 342 g/mol. The number of aryl methyl sites for hydroxylation is 1. The summed E-state index contributed by atoms with van der Waals surface area (Å²) in [7, 11) is 0. The van der Waals surface area contributed by atoms with Crippen LogP contribution in [0.1, 0.15) is 37.4 Å². The van der Waals surface area contributed by atoms with Gasteiger partial charge in [-0.2, -0.15) is 0 Å². The van der Waals surface area contributed by atoms with Gasteiger partial charge in [-0.25, -0.2) is 0 Å². The molecule has 142 valence electrons. The first-order chi connectivity index (χ1) is 13.0. The fourth-order valence-electron chi connectivity index (χ4n) is 2.76. The molecule has 2 rings (SSSR count). The van der Waals surface area contributed by atoms with Crippen LogP contribution in [-0.4, -0.2) is 24.3 Å². The molecule has 2 aromatic rings. The van der Waals surface area contributed by atoms with Gasteiger partial charge in [0.05, 0.1) is 19.0 Å². The minimum Gasteiger partial charge on any atom is -0.349 e. The van der Waals surface area contributed by atoms with Crippen LogP contribution in [0, 0.1) is 0 Å². The molecule has 0 saturated carbocycles. The highest BCUT2D eigenvalue weighted by atomic mass is 16.2. The Hall–Kier alpha value is -3.15. The molecule has 0 bridgehead atoms. The molecule has 3 amide bonds. The lowest BCUT2D eigenvalue weighted by atomic mass is 10.0. The predicted molar refractivity (Wildman–Crippen MR) is 105 cm³/mol. The summed E-state index contributed by atoms with van der Waals surface area (Å²) in [5.41, 5.74) is 2.62. The second-order valence-electron chi connectivity index (χ2n) is 6.20. The Morgan fingerprint density at radius 2 is 1.59 bits per heavy atom. The van der Waals surface area contributed by atoms with Crippen molar-refractivity contribution in [3.63, 3.8) is 0 Å². The molecule has 0 heterocycles. The highest BCUT2D eigenvalue weighted by Crippen LogP contribution is 2.17. The standard InChI is InChI=1S/C21H25N3O3/c1-3-16-9-7-8-12-18(16)24-21(27)14-22-20(26)13-19(23-15(2)25)17-10-5-4-6-11-17/h4-12,19H,3,13-14H2,1-2H3,(H,22,26)(H,23,25)(H,24,27)/t19-/m0/s1. The molecule has 3 N–H and O–H groups in total. The summed E-state index contributed by atoms with van der Waals surface area (Å²) in [5, 5.41) is 8.19. The van der Waals surface area contributed by atoms with Crippen molar-refractivity contribution in [1.29, 1.82) is 0 Å². The summed E-state index contributed by atoms with van der Waals surface area (Å²) in [6.07, 6.45) is 0.862. The lowest BCUT2D eigenvalue weighted by Gasteiger charge is -2.18. The Morgan fingerprint density at radius 1 is 0.926 bits per heavy atom. The van der Waals surface area contributed by atoms with Crippen LogP contribution in [0.5, 0.6) is 0 Å². The molecule has 2 aromatic carbocycles. The van der Waals surface area contributed by atoms with E-state index in [1.54, 1.807) is 0 Å². The zero-order chi connectivity index (χ0) is 19.6. The normalized spacial score (nSPS) is 11.3. The lowest BCUT2D eigenvalue weighted by molar-refractivity contribution is -0.125. The number of carbonyl (C=O) groups excluding carboxylic acids is 3. The van der Waals surface area contributed by atoms with Crippen LogP contribution >= 0.6 is 0 Å². The van der Waals surface area contributed by atoms with Crippen LogP contribution in [0.25, 0.3) is 0 Å². The highest BCUT2D eigenvalue weighted by molar-refractivity contribution is 5.95. The topological polar surface area (TPSA) is 87.3 Å². The van der Waals surface area contributed by atoms with E-state index in [-0.39, 0.29) is 30.7 Å². The van der Waals surface area contributed by atoms with Gasteiger partial charge in [0.15, 0.2) is 0 Å². The lowest BCUT2D eigenvalue weighted by Crippen LogP contribution is -2.36. The van der Waals surface area contributed by atoms with Gasteiger partial charge < -0.3 is 16.0 Å². The van der Waals surface area contributed by atoms with Gasteiger partial charge in [-0.15, -0.1) is 0 Å². The molecule has 6 nitrogen and oxygen atoms in total. The van der Waals surface area contributed by atoms with Crippen LogP contribution in [0.15, 0.2) is 54.6 Å². The van der Waals surface area contributed by atoms with Crippen molar-refractivity contribution in [3.8, 4) is 0 Å². The van der Waals surface area contributed by atoms with Crippen LogP contribution < -0.4 is 16.0 Å². The highest BCUT2D eigenvalue weighted by Gasteiger charge is 2.17. The molecule has 0 spiro atoms. The maximum absolute atomic E-state index is 12.2. The fourth-order valence-corrected chi connectivity index (χ4v) is 2.76. The van der Waals surface area contributed by atoms with Gasteiger partial charge in [0.2, 0.25) is 17.7 Å². The van der Waals surface area contributed by atoms with E-state index in [4.69, 9.17) is 0 Å². The van der Waals surface area contributed by atoms with Gasteiger partial charge >= 0.3 is 0 Å². The van der Waals surface area contributed by atoms with Crippen molar-refractivity contribution in [3.05, 3.63) is 65.7 Å². The first kappa shape index (κ1) is 20.2. The molecule has 0 aromatic heterocycles. The summed E-state index contributed by atoms with van der Waals surface area (Å²) >= 11 is 0. The summed E-state index contributed by atoms with van der Waals surface area (Å²) < 4.78 is 0. The number of anilines is 1. The van der Waals surface area contributed by atoms with E-state index in [0.717, 1.165) is 23.2 Å². The van der Waals surface area contributed by atoms with Crippen molar-refractivity contribution >= 4 is 23.4 Å². The molecule has 0 aliphatic rings. The summed E-state index contributed by atoms with van der Waals surface area (Å²) in [4.78, 5) is 35.8. The third-order valence-corrected chi connectivity index (χ3v) is 4.09. The maximum atomic E-state index is 12.2. The first-order valence-corrected chi connectivity index (χ1v) is 8.96. The Kier molecular flexibility index (Phi) is 7.55. The second kappa shape index (κ2) is 10.1. The van der Waals surface area contributed by atoms with Gasteiger partial charge in [0.25, 0.3) is 0 Å². The van der Waals surface area contributed by atoms with Crippen molar-refractivity contribution in [2.45, 2.75) is 32.7 Å². The number of amides is 3. The second-order valence-corrected chi connectivity index (χ2v) is 6.20. The number of rotatable bonds is 8. The van der Waals surface area contributed by atoms with Crippen molar-refractivity contribution < 1.29 is 14.4 Å². The van der Waals surface area contributed by atoms with E-state index in [1.807, 2.05) is 61.5 Å². The first-order valence-electron chi connectivity index (χ1n) is 8.96. The minimum atomic E-state index is -0.437. The third-order valence-electron chi connectivity index (χ3n) is 4.09. The molecule has 27 heavy (non-hydrogen) atoms. The SMILES string of the molecule is CCc1ccccc1NC(=O)CNC(=O)C[C@H](NC(C)=O)c1ccccc1. The predicted octanol–water partition coefficient (Wildman–Crippen LogP) is 2.57. The van der Waals surface area contributed by atoms with Gasteiger partial charge in [-0.3, -0.25) is 14.4 Å². The van der Waals surface area contributed by atoms with E-state index >= 15 is 0 Å². The van der Waals surface area contributed by atoms with Gasteiger partial charge in [0.1, 0.15) is 0 Å². The molecule has 6 heteroatoms. The molecule has 0 saturated heterocycles. The largest absolute Gasteiger partial charge is 0.349 e. The molecule has 0 radical (unpaired) electrons. The van der Waals surface area contributed by atoms with Crippen molar-refractivity contribution in [2.75, 3.05) is 11.9 Å². The zero-order valence-corrected chi connectivity index (χ0v) is 15.6. The Labute approximate surface area is 159 Å². The van der Waals surface area contributed by atoms with E-state index in [9.17, 15) is 14.4 Å². The minimum absolute atomic E-state index is 0.0580. The van der Waals surface area contributed by atoms with E-state index in [2.05, 4.69) is 16.0 Å². The average Bonchev–Trinajstić information content (AvgIpc) is 2.66. The number of hydrogen-bond acceptors (Lipinski definition) is 3. The van der Waals surface area contributed by atoms with Crippen molar-refractivity contribution in [2.24, 2.45) is 0 Å². The Morgan fingerprint density at radius 3 is 2.26 bits per heavy atom. The van der Waals surface area contributed by atoms with Gasteiger partial charge in [-0.05, 0) is 23.6 Å². The Bertz CT molecular complexity index is 790. The van der Waals surface area contributed by atoms with E-state index in [0.29, 0.717) is 0 Å². The number of benzene rings is 2. The fraction of sp³-hybridized carbons (Fsp3) is 0.286. The summed E-state index contributed by atoms with van der Waals surface area (Å²) in [6.45, 7) is 3.30. The molecule has 0 fully saturated rings. The van der Waals surface area contributed by atoms with Crippen LogP contribution in [0.3, 0.4) is 0 Å². The molecule has 1 atom stereocenters. The van der Waals surface area contributed by atoms with Gasteiger partial charge in [0, 0.05) is 12.6 Å². The number of carbonyl (C=O) groups is 3. The smallest absolute Gasteiger partial charge is 0.243 e. The van der Waals surface area contributed by atoms with Crippen LogP contribution in [-0.2, 0) is 20.8 Å². The van der Waals surface area contributed by atoms with Gasteiger partial charge in [-0.1, -0.05) is 55.5 Å². The molecular formula is C21H25N3O3. The average molecular weight is 367 g/mol. The third kappa shape index (κ3) is 6.58. The molecule has 0 unspecified atom stereocenters. The molecule has 0 aliphatic heterocycles.